The van der Waals surface area contributed by atoms with E-state index in [2.05, 4.69) is 71.9 Å². The van der Waals surface area contributed by atoms with Gasteiger partial charge in [0, 0.05) is 31.2 Å². The van der Waals surface area contributed by atoms with Crippen molar-refractivity contribution in [1.29, 1.82) is 0 Å². The van der Waals surface area contributed by atoms with E-state index in [1.165, 1.54) is 11.1 Å². The third-order valence-corrected chi connectivity index (χ3v) is 6.27. The molecule has 0 spiro atoms. The Labute approximate surface area is 189 Å². The molecule has 2 aromatic carbocycles. The molecule has 0 aliphatic carbocycles. The van der Waals surface area contributed by atoms with E-state index in [1.54, 1.807) is 0 Å². The highest BCUT2D eigenvalue weighted by molar-refractivity contribution is 5.70. The van der Waals surface area contributed by atoms with Gasteiger partial charge in [0.25, 0.3) is 0 Å². The van der Waals surface area contributed by atoms with Crippen LogP contribution in [0, 0.1) is 12.8 Å². The molecule has 0 bridgehead atoms. The molecular weight excluding hydrogens is 398 g/mol. The largest absolute Gasteiger partial charge is 0.481 e. The summed E-state index contributed by atoms with van der Waals surface area (Å²) < 4.78 is 0. The number of anilines is 1. The summed E-state index contributed by atoms with van der Waals surface area (Å²) in [7, 11) is 0. The van der Waals surface area contributed by atoms with Crippen molar-refractivity contribution < 1.29 is 9.90 Å². The van der Waals surface area contributed by atoms with Crippen molar-refractivity contribution in [3.05, 3.63) is 94.8 Å². The normalized spacial score (nSPS) is 17.1. The summed E-state index contributed by atoms with van der Waals surface area (Å²) >= 11 is 0. The fraction of sp³-hybridized carbons (Fsp3) is 0.333. The summed E-state index contributed by atoms with van der Waals surface area (Å²) in [6.45, 7) is 5.96. The molecule has 3 aromatic rings. The molecule has 0 unspecified atom stereocenters. The number of aliphatic carboxylic acids is 1. The zero-order chi connectivity index (χ0) is 22.5. The zero-order valence-electron chi connectivity index (χ0n) is 18.7. The molecule has 1 aliphatic heterocycles. The van der Waals surface area contributed by atoms with Gasteiger partial charge in [-0.3, -0.25) is 9.78 Å². The number of aryl methyl sites for hydroxylation is 1. The third kappa shape index (κ3) is 5.35. The van der Waals surface area contributed by atoms with E-state index in [9.17, 15) is 4.79 Å². The first-order valence-corrected chi connectivity index (χ1v) is 11.3. The smallest absolute Gasteiger partial charge is 0.307 e. The fourth-order valence-corrected chi connectivity index (χ4v) is 4.53. The molecule has 0 amide bonds. The van der Waals surface area contributed by atoms with Crippen LogP contribution >= 0.6 is 0 Å². The predicted octanol–water partition coefficient (Wildman–Crippen LogP) is 4.74. The van der Waals surface area contributed by atoms with E-state index in [0.717, 1.165) is 42.0 Å². The Balaban J connectivity index is 1.50. The van der Waals surface area contributed by atoms with Crippen LogP contribution in [0.1, 0.15) is 46.8 Å². The first-order valence-electron chi connectivity index (χ1n) is 11.3. The van der Waals surface area contributed by atoms with Crippen LogP contribution in [0.5, 0.6) is 0 Å². The monoisotopic (exact) mass is 429 g/mol. The van der Waals surface area contributed by atoms with Crippen molar-refractivity contribution in [2.75, 3.05) is 18.4 Å². The predicted molar refractivity (Wildman–Crippen MR) is 128 cm³/mol. The van der Waals surface area contributed by atoms with Gasteiger partial charge in [0.05, 0.1) is 17.8 Å². The quantitative estimate of drug-likeness (QED) is 0.482. The molecule has 5 heteroatoms. The van der Waals surface area contributed by atoms with E-state index < -0.39 is 5.97 Å². The van der Waals surface area contributed by atoms with E-state index in [-0.39, 0.29) is 18.4 Å². The van der Waals surface area contributed by atoms with Gasteiger partial charge in [-0.2, -0.15) is 0 Å². The van der Waals surface area contributed by atoms with Gasteiger partial charge in [0.15, 0.2) is 0 Å². The third-order valence-electron chi connectivity index (χ3n) is 6.27. The number of benzene rings is 2. The summed E-state index contributed by atoms with van der Waals surface area (Å²) in [5.74, 6) is -0.156. The Bertz CT molecular complexity index is 1070. The van der Waals surface area contributed by atoms with Crippen molar-refractivity contribution in [2.45, 2.75) is 38.6 Å². The Morgan fingerprint density at radius 3 is 2.72 bits per heavy atom. The van der Waals surface area contributed by atoms with Gasteiger partial charge in [-0.05, 0) is 47.6 Å². The lowest BCUT2D eigenvalue weighted by Crippen LogP contribution is -2.37. The van der Waals surface area contributed by atoms with Crippen LogP contribution in [-0.4, -0.2) is 29.1 Å². The van der Waals surface area contributed by atoms with Crippen LogP contribution in [0.4, 0.5) is 5.69 Å². The van der Waals surface area contributed by atoms with Crippen molar-refractivity contribution >= 4 is 11.7 Å². The minimum atomic E-state index is -0.800. The molecule has 166 valence electrons. The maximum absolute atomic E-state index is 11.1. The number of carbonyl (C=O) groups is 1. The molecular formula is C27H31N3O2. The number of carboxylic acid groups (broad SMARTS) is 1. The number of hydrogen-bond donors (Lipinski definition) is 3. The van der Waals surface area contributed by atoms with E-state index in [4.69, 9.17) is 5.11 Å². The topological polar surface area (TPSA) is 74.2 Å². The Hall–Kier alpha value is -3.18. The number of fused-ring (bicyclic) bond motifs is 1. The number of pyridine rings is 1. The number of hydrogen-bond acceptors (Lipinski definition) is 4. The molecule has 1 aliphatic rings. The van der Waals surface area contributed by atoms with Gasteiger partial charge in [-0.25, -0.2) is 0 Å². The van der Waals surface area contributed by atoms with E-state index in [1.807, 2.05) is 24.4 Å². The average Bonchev–Trinajstić information content (AvgIpc) is 2.79. The highest BCUT2D eigenvalue weighted by atomic mass is 16.4. The summed E-state index contributed by atoms with van der Waals surface area (Å²) in [5.41, 5.74) is 6.73. The SMILES string of the molecule is Cc1cnc2c(c1)NC[C@H]([C@H](NC[C@@H](C)c1cccc(CC(=O)O)c1)c1ccccc1)C2. The molecule has 3 atom stereocenters. The molecule has 0 saturated carbocycles. The van der Waals surface area contributed by atoms with Gasteiger partial charge < -0.3 is 15.7 Å². The molecule has 32 heavy (non-hydrogen) atoms. The minimum Gasteiger partial charge on any atom is -0.481 e. The molecule has 4 rings (SSSR count). The number of carboxylic acids is 1. The van der Waals surface area contributed by atoms with Crippen LogP contribution < -0.4 is 10.6 Å². The second-order valence-electron chi connectivity index (χ2n) is 8.87. The van der Waals surface area contributed by atoms with E-state index >= 15 is 0 Å². The molecule has 0 saturated heterocycles. The van der Waals surface area contributed by atoms with Crippen LogP contribution in [0.2, 0.25) is 0 Å². The van der Waals surface area contributed by atoms with Crippen molar-refractivity contribution in [3.63, 3.8) is 0 Å². The van der Waals surface area contributed by atoms with Crippen LogP contribution in [0.3, 0.4) is 0 Å². The van der Waals surface area contributed by atoms with E-state index in [0.29, 0.717) is 5.92 Å². The van der Waals surface area contributed by atoms with Crippen LogP contribution in [0.15, 0.2) is 66.9 Å². The summed E-state index contributed by atoms with van der Waals surface area (Å²) in [4.78, 5) is 15.8. The second-order valence-corrected chi connectivity index (χ2v) is 8.87. The zero-order valence-corrected chi connectivity index (χ0v) is 18.7. The molecule has 1 aromatic heterocycles. The number of rotatable bonds is 8. The molecule has 0 fully saturated rings. The van der Waals surface area contributed by atoms with Crippen molar-refractivity contribution in [1.82, 2.24) is 10.3 Å². The standard InChI is InChI=1S/C27H31N3O2/c1-18-11-24-25(28-15-18)14-23(17-29-24)27(21-8-4-3-5-9-21)30-16-19(2)22-10-6-7-20(12-22)13-26(31)32/h3-12,15,19,23,27,29-30H,13-14,16-17H2,1-2H3,(H,31,32)/t19-,23-,27-/m1/s1. The number of aromatic nitrogens is 1. The Kier molecular flexibility index (Phi) is 6.86. The lowest BCUT2D eigenvalue weighted by atomic mass is 9.86. The summed E-state index contributed by atoms with van der Waals surface area (Å²) in [6, 6.07) is 20.9. The van der Waals surface area contributed by atoms with Crippen LogP contribution in [-0.2, 0) is 17.6 Å². The number of nitrogens with zero attached hydrogens (tertiary/aromatic N) is 1. The maximum atomic E-state index is 11.1. The Morgan fingerprint density at radius 2 is 1.94 bits per heavy atom. The second kappa shape index (κ2) is 9.96. The summed E-state index contributed by atoms with van der Waals surface area (Å²) in [6.07, 6.45) is 2.93. The lowest BCUT2D eigenvalue weighted by molar-refractivity contribution is -0.136. The minimum absolute atomic E-state index is 0.0558. The average molecular weight is 430 g/mol. The molecule has 0 radical (unpaired) electrons. The highest BCUT2D eigenvalue weighted by Gasteiger charge is 2.28. The van der Waals surface area contributed by atoms with Crippen molar-refractivity contribution in [3.8, 4) is 0 Å². The fourth-order valence-electron chi connectivity index (χ4n) is 4.53. The lowest BCUT2D eigenvalue weighted by Gasteiger charge is -2.34. The Morgan fingerprint density at radius 1 is 1.16 bits per heavy atom. The van der Waals surface area contributed by atoms with Gasteiger partial charge in [-0.15, -0.1) is 0 Å². The summed E-state index contributed by atoms with van der Waals surface area (Å²) in [5, 5.41) is 16.5. The first kappa shape index (κ1) is 22.0. The van der Waals surface area contributed by atoms with Crippen molar-refractivity contribution in [2.24, 2.45) is 5.92 Å². The molecule has 2 heterocycles. The first-order chi connectivity index (χ1) is 15.5. The maximum Gasteiger partial charge on any atom is 0.307 e. The van der Waals surface area contributed by atoms with Gasteiger partial charge in [-0.1, -0.05) is 61.5 Å². The molecule has 5 nitrogen and oxygen atoms in total. The van der Waals surface area contributed by atoms with Gasteiger partial charge >= 0.3 is 5.97 Å². The number of nitrogens with one attached hydrogen (secondary N) is 2. The van der Waals surface area contributed by atoms with Gasteiger partial charge in [0.1, 0.15) is 0 Å². The molecule has 3 N–H and O–H groups in total. The highest BCUT2D eigenvalue weighted by Crippen LogP contribution is 2.32. The van der Waals surface area contributed by atoms with Crippen LogP contribution in [0.25, 0.3) is 0 Å². The van der Waals surface area contributed by atoms with Gasteiger partial charge in [0.2, 0.25) is 0 Å².